The first-order valence-corrected chi connectivity index (χ1v) is 4.03. The van der Waals surface area contributed by atoms with E-state index in [1.165, 1.54) is 6.42 Å². The average molecular weight is 143 g/mol. The van der Waals surface area contributed by atoms with Crippen LogP contribution in [0.2, 0.25) is 0 Å². The van der Waals surface area contributed by atoms with Gasteiger partial charge in [-0.05, 0) is 20.3 Å². The third-order valence-corrected chi connectivity index (χ3v) is 1.75. The molecule has 1 aliphatic rings. The number of rotatable bonds is 2. The van der Waals surface area contributed by atoms with Gasteiger partial charge in [0.1, 0.15) is 6.23 Å². The summed E-state index contributed by atoms with van der Waals surface area (Å²) in [6.45, 7) is 7.36. The molecule has 1 unspecified atom stereocenters. The van der Waals surface area contributed by atoms with E-state index in [1.54, 1.807) is 0 Å². The quantitative estimate of drug-likeness (QED) is 0.632. The molecule has 1 saturated heterocycles. The summed E-state index contributed by atoms with van der Waals surface area (Å²) in [6, 6.07) is 0. The van der Waals surface area contributed by atoms with Crippen molar-refractivity contribution in [2.45, 2.75) is 45.4 Å². The van der Waals surface area contributed by atoms with Crippen LogP contribution in [0.15, 0.2) is 0 Å². The van der Waals surface area contributed by atoms with Crippen molar-refractivity contribution in [3.05, 3.63) is 0 Å². The molecule has 0 saturated carbocycles. The first kappa shape index (κ1) is 8.02. The molecule has 2 nitrogen and oxygen atoms in total. The van der Waals surface area contributed by atoms with Gasteiger partial charge >= 0.3 is 0 Å². The molecule has 10 heavy (non-hydrogen) atoms. The van der Waals surface area contributed by atoms with Gasteiger partial charge in [0.25, 0.3) is 0 Å². The zero-order valence-corrected chi connectivity index (χ0v) is 7.11. The predicted molar refractivity (Wildman–Crippen MR) is 41.9 cm³/mol. The first-order chi connectivity index (χ1) is 4.64. The minimum atomic E-state index is 0.194. The number of nitrogens with one attached hydrogen (secondary N) is 1. The lowest BCUT2D eigenvalue weighted by atomic mass is 10.1. The molecule has 0 aromatic carbocycles. The minimum Gasteiger partial charge on any atom is -0.361 e. The summed E-state index contributed by atoms with van der Waals surface area (Å²) in [5.74, 6) is 0. The van der Waals surface area contributed by atoms with Gasteiger partial charge < -0.3 is 4.74 Å². The molecule has 0 aromatic heterocycles. The highest BCUT2D eigenvalue weighted by Crippen LogP contribution is 2.16. The first-order valence-electron chi connectivity index (χ1n) is 4.03. The van der Waals surface area contributed by atoms with Crippen LogP contribution < -0.4 is 5.32 Å². The minimum absolute atomic E-state index is 0.194. The molecule has 1 N–H and O–H groups in total. The lowest BCUT2D eigenvalue weighted by molar-refractivity contribution is 0.0912. The monoisotopic (exact) mass is 143 g/mol. The standard InChI is InChI=1S/C8H17NO/c1-4-5-7-9-8(2,3)6-10-7/h7,9H,4-6H2,1-3H3. The molecule has 1 aliphatic heterocycles. The Kier molecular flexibility index (Phi) is 2.32. The molecule has 0 amide bonds. The number of ether oxygens (including phenoxy) is 1. The van der Waals surface area contributed by atoms with Crippen LogP contribution >= 0.6 is 0 Å². The van der Waals surface area contributed by atoms with Crippen molar-refractivity contribution in [1.29, 1.82) is 0 Å². The van der Waals surface area contributed by atoms with E-state index in [0.717, 1.165) is 13.0 Å². The van der Waals surface area contributed by atoms with Crippen LogP contribution in [0.3, 0.4) is 0 Å². The second kappa shape index (κ2) is 2.89. The maximum absolute atomic E-state index is 5.50. The fraction of sp³-hybridized carbons (Fsp3) is 1.00. The molecule has 60 valence electrons. The van der Waals surface area contributed by atoms with E-state index in [1.807, 2.05) is 0 Å². The van der Waals surface area contributed by atoms with E-state index >= 15 is 0 Å². The SMILES string of the molecule is CCCC1NC(C)(C)CO1. The topological polar surface area (TPSA) is 21.3 Å². The van der Waals surface area contributed by atoms with Gasteiger partial charge in [0.05, 0.1) is 6.61 Å². The Morgan fingerprint density at radius 2 is 2.30 bits per heavy atom. The van der Waals surface area contributed by atoms with Crippen LogP contribution in [0.4, 0.5) is 0 Å². The summed E-state index contributed by atoms with van der Waals surface area (Å²) < 4.78 is 5.50. The normalized spacial score (nSPS) is 30.9. The Morgan fingerprint density at radius 3 is 2.70 bits per heavy atom. The second-order valence-corrected chi connectivity index (χ2v) is 3.62. The summed E-state index contributed by atoms with van der Waals surface area (Å²) in [4.78, 5) is 0. The summed E-state index contributed by atoms with van der Waals surface area (Å²) in [7, 11) is 0. The van der Waals surface area contributed by atoms with Crippen molar-refractivity contribution >= 4 is 0 Å². The van der Waals surface area contributed by atoms with Crippen LogP contribution in [-0.4, -0.2) is 18.4 Å². The van der Waals surface area contributed by atoms with Gasteiger partial charge in [-0.15, -0.1) is 0 Å². The zero-order valence-electron chi connectivity index (χ0n) is 7.11. The van der Waals surface area contributed by atoms with Crippen molar-refractivity contribution in [1.82, 2.24) is 5.32 Å². The lowest BCUT2D eigenvalue weighted by Crippen LogP contribution is -2.38. The lowest BCUT2D eigenvalue weighted by Gasteiger charge is -2.16. The van der Waals surface area contributed by atoms with Crippen molar-refractivity contribution in [2.24, 2.45) is 0 Å². The summed E-state index contributed by atoms with van der Waals surface area (Å²) >= 11 is 0. The largest absolute Gasteiger partial charge is 0.361 e. The summed E-state index contributed by atoms with van der Waals surface area (Å²) in [5, 5.41) is 3.41. The van der Waals surface area contributed by atoms with E-state index in [9.17, 15) is 0 Å². The van der Waals surface area contributed by atoms with Gasteiger partial charge in [-0.3, -0.25) is 5.32 Å². The van der Waals surface area contributed by atoms with E-state index in [2.05, 4.69) is 26.1 Å². The zero-order chi connectivity index (χ0) is 7.61. The molecule has 1 atom stereocenters. The van der Waals surface area contributed by atoms with E-state index in [-0.39, 0.29) is 5.54 Å². The van der Waals surface area contributed by atoms with Crippen LogP contribution in [0.25, 0.3) is 0 Å². The highest BCUT2D eigenvalue weighted by molar-refractivity contribution is 4.84. The Labute approximate surface area is 63.0 Å². The molecule has 0 aliphatic carbocycles. The number of hydrogen-bond acceptors (Lipinski definition) is 2. The van der Waals surface area contributed by atoms with Gasteiger partial charge in [0, 0.05) is 5.54 Å². The molecule has 2 heteroatoms. The fourth-order valence-corrected chi connectivity index (χ4v) is 1.25. The summed E-state index contributed by atoms with van der Waals surface area (Å²) in [6.07, 6.45) is 2.62. The van der Waals surface area contributed by atoms with Gasteiger partial charge in [-0.2, -0.15) is 0 Å². The maximum Gasteiger partial charge on any atom is 0.108 e. The molecular weight excluding hydrogens is 126 g/mol. The number of hydrogen-bond donors (Lipinski definition) is 1. The molecule has 0 radical (unpaired) electrons. The molecule has 1 fully saturated rings. The van der Waals surface area contributed by atoms with Gasteiger partial charge in [-0.25, -0.2) is 0 Å². The molecular formula is C8H17NO. The Balaban J connectivity index is 2.29. The Hall–Kier alpha value is -0.0800. The molecule has 0 spiro atoms. The Bertz CT molecular complexity index is 112. The third kappa shape index (κ3) is 1.96. The van der Waals surface area contributed by atoms with Crippen molar-refractivity contribution in [3.63, 3.8) is 0 Å². The van der Waals surface area contributed by atoms with Gasteiger partial charge in [0.15, 0.2) is 0 Å². The van der Waals surface area contributed by atoms with Crippen molar-refractivity contribution in [2.75, 3.05) is 6.61 Å². The fourth-order valence-electron chi connectivity index (χ4n) is 1.25. The highest BCUT2D eigenvalue weighted by Gasteiger charge is 2.29. The second-order valence-electron chi connectivity index (χ2n) is 3.62. The summed E-state index contributed by atoms with van der Waals surface area (Å²) in [5.41, 5.74) is 0.194. The highest BCUT2D eigenvalue weighted by atomic mass is 16.5. The van der Waals surface area contributed by atoms with Crippen LogP contribution in [-0.2, 0) is 4.74 Å². The smallest absolute Gasteiger partial charge is 0.108 e. The molecule has 1 heterocycles. The molecule has 1 rings (SSSR count). The Morgan fingerprint density at radius 1 is 1.60 bits per heavy atom. The van der Waals surface area contributed by atoms with Gasteiger partial charge in [0.2, 0.25) is 0 Å². The average Bonchev–Trinajstić information content (AvgIpc) is 2.12. The van der Waals surface area contributed by atoms with Crippen molar-refractivity contribution < 1.29 is 4.74 Å². The van der Waals surface area contributed by atoms with E-state index < -0.39 is 0 Å². The maximum atomic E-state index is 5.50. The molecule has 0 aromatic rings. The van der Waals surface area contributed by atoms with E-state index in [4.69, 9.17) is 4.74 Å². The predicted octanol–water partition coefficient (Wildman–Crippen LogP) is 1.51. The van der Waals surface area contributed by atoms with Crippen molar-refractivity contribution in [3.8, 4) is 0 Å². The molecule has 0 bridgehead atoms. The van der Waals surface area contributed by atoms with Crippen LogP contribution in [0.5, 0.6) is 0 Å². The van der Waals surface area contributed by atoms with Crippen LogP contribution in [0, 0.1) is 0 Å². The third-order valence-electron chi connectivity index (χ3n) is 1.75. The van der Waals surface area contributed by atoms with Crippen LogP contribution in [0.1, 0.15) is 33.6 Å². The van der Waals surface area contributed by atoms with Gasteiger partial charge in [-0.1, -0.05) is 13.3 Å². The van der Waals surface area contributed by atoms with E-state index in [0.29, 0.717) is 6.23 Å².